The van der Waals surface area contributed by atoms with Crippen LogP contribution in [0.15, 0.2) is 24.3 Å². The van der Waals surface area contributed by atoms with Crippen LogP contribution in [0.2, 0.25) is 0 Å². The van der Waals surface area contributed by atoms with Gasteiger partial charge in [0.15, 0.2) is 0 Å². The fourth-order valence-electron chi connectivity index (χ4n) is 2.03. The molecule has 2 aromatic rings. The second-order valence-corrected chi connectivity index (χ2v) is 5.66. The summed E-state index contributed by atoms with van der Waals surface area (Å²) in [7, 11) is 0. The number of thiazole rings is 1. The van der Waals surface area contributed by atoms with Crippen LogP contribution in [-0.4, -0.2) is 11.6 Å². The van der Waals surface area contributed by atoms with E-state index in [0.29, 0.717) is 5.69 Å². The Kier molecular flexibility index (Phi) is 4.54. The Morgan fingerprint density at radius 1 is 1.25 bits per heavy atom. The Bertz CT molecular complexity index is 586. The third-order valence-corrected chi connectivity index (χ3v) is 4.06. The molecule has 1 aromatic carbocycles. The smallest absolute Gasteiger partial charge is 0.387 e. The van der Waals surface area contributed by atoms with Crippen molar-refractivity contribution >= 4 is 17.0 Å². The van der Waals surface area contributed by atoms with Crippen molar-refractivity contribution in [3.05, 3.63) is 39.8 Å². The second-order valence-electron chi connectivity index (χ2n) is 4.42. The Balaban J connectivity index is 2.19. The van der Waals surface area contributed by atoms with Gasteiger partial charge in [0.05, 0.1) is 22.4 Å². The summed E-state index contributed by atoms with van der Waals surface area (Å²) in [6.07, 6.45) is 0. The molecule has 3 nitrogen and oxygen atoms in total. The summed E-state index contributed by atoms with van der Waals surface area (Å²) in [6.45, 7) is 3.03. The van der Waals surface area contributed by atoms with Crippen molar-refractivity contribution in [2.45, 2.75) is 33.4 Å². The van der Waals surface area contributed by atoms with Crippen molar-refractivity contribution in [3.8, 4) is 5.75 Å². The Morgan fingerprint density at radius 2 is 1.95 bits per heavy atom. The first-order valence-electron chi connectivity index (χ1n) is 6.21. The molecule has 0 amide bonds. The number of aryl methyl sites for hydroxylation is 2. The highest BCUT2D eigenvalue weighted by Gasteiger charge is 2.15. The third-order valence-electron chi connectivity index (χ3n) is 2.81. The highest BCUT2D eigenvalue weighted by Crippen LogP contribution is 2.32. The monoisotopic (exact) mass is 298 g/mol. The van der Waals surface area contributed by atoms with Gasteiger partial charge in [0.1, 0.15) is 5.75 Å². The van der Waals surface area contributed by atoms with Gasteiger partial charge in [0.25, 0.3) is 0 Å². The van der Waals surface area contributed by atoms with Crippen LogP contribution in [-0.2, 0) is 0 Å². The van der Waals surface area contributed by atoms with Gasteiger partial charge in [-0.3, -0.25) is 0 Å². The lowest BCUT2D eigenvalue weighted by atomic mass is 10.2. The molecule has 0 saturated heterocycles. The van der Waals surface area contributed by atoms with E-state index in [-0.39, 0.29) is 11.8 Å². The molecule has 0 aliphatic heterocycles. The summed E-state index contributed by atoms with van der Waals surface area (Å²) in [4.78, 5) is 5.46. The number of halogens is 2. The SMILES string of the molecule is Cc1nc(C)c(C(C)Nc2ccccc2OC(F)F)s1. The number of hydrogen-bond donors (Lipinski definition) is 1. The molecule has 1 atom stereocenters. The van der Waals surface area contributed by atoms with Crippen molar-refractivity contribution in [3.63, 3.8) is 0 Å². The topological polar surface area (TPSA) is 34.2 Å². The Hall–Kier alpha value is -1.69. The molecule has 108 valence electrons. The normalized spacial score (nSPS) is 12.5. The molecule has 1 heterocycles. The Labute approximate surface area is 120 Å². The fraction of sp³-hybridized carbons (Fsp3) is 0.357. The number of nitrogens with zero attached hydrogens (tertiary/aromatic N) is 1. The van der Waals surface area contributed by atoms with E-state index in [1.807, 2.05) is 20.8 Å². The molecule has 2 rings (SSSR count). The van der Waals surface area contributed by atoms with Gasteiger partial charge in [-0.25, -0.2) is 4.98 Å². The zero-order valence-corrected chi connectivity index (χ0v) is 12.3. The molecule has 1 aromatic heterocycles. The van der Waals surface area contributed by atoms with Gasteiger partial charge in [-0.15, -0.1) is 11.3 Å². The summed E-state index contributed by atoms with van der Waals surface area (Å²) in [5.74, 6) is 0.147. The molecular formula is C14H16F2N2OS. The van der Waals surface area contributed by atoms with Crippen molar-refractivity contribution in [1.82, 2.24) is 4.98 Å². The molecule has 0 aliphatic rings. The van der Waals surface area contributed by atoms with E-state index in [2.05, 4.69) is 15.0 Å². The standard InChI is InChI=1S/C14H16F2N2OS/c1-8-13(20-10(3)17-8)9(2)18-11-6-4-5-7-12(11)19-14(15)16/h4-7,9,14,18H,1-3H3. The number of ether oxygens (including phenoxy) is 1. The van der Waals surface area contributed by atoms with Gasteiger partial charge in [0, 0.05) is 4.88 Å². The van der Waals surface area contributed by atoms with E-state index in [1.165, 1.54) is 6.07 Å². The molecule has 0 spiro atoms. The third kappa shape index (κ3) is 3.45. The molecule has 20 heavy (non-hydrogen) atoms. The lowest BCUT2D eigenvalue weighted by Gasteiger charge is -2.17. The van der Waals surface area contributed by atoms with Crippen LogP contribution in [0.25, 0.3) is 0 Å². The van der Waals surface area contributed by atoms with Crippen LogP contribution in [0.1, 0.15) is 28.5 Å². The number of nitrogens with one attached hydrogen (secondary N) is 1. The molecule has 0 radical (unpaired) electrons. The summed E-state index contributed by atoms with van der Waals surface area (Å²) < 4.78 is 29.3. The number of hydrogen-bond acceptors (Lipinski definition) is 4. The number of anilines is 1. The zero-order chi connectivity index (χ0) is 14.7. The molecular weight excluding hydrogens is 282 g/mol. The van der Waals surface area contributed by atoms with E-state index in [1.54, 1.807) is 29.5 Å². The number of para-hydroxylation sites is 2. The van der Waals surface area contributed by atoms with Crippen LogP contribution >= 0.6 is 11.3 Å². The number of rotatable bonds is 5. The lowest BCUT2D eigenvalue weighted by molar-refractivity contribution is -0.0493. The maximum absolute atomic E-state index is 12.4. The van der Waals surface area contributed by atoms with E-state index in [9.17, 15) is 8.78 Å². The van der Waals surface area contributed by atoms with Crippen LogP contribution in [0.5, 0.6) is 5.75 Å². The first kappa shape index (κ1) is 14.7. The summed E-state index contributed by atoms with van der Waals surface area (Å²) in [6, 6.07) is 6.65. The molecule has 6 heteroatoms. The summed E-state index contributed by atoms with van der Waals surface area (Å²) in [5.41, 5.74) is 1.51. The molecule has 0 aliphatic carbocycles. The van der Waals surface area contributed by atoms with Gasteiger partial charge in [-0.2, -0.15) is 8.78 Å². The maximum Gasteiger partial charge on any atom is 0.387 e. The van der Waals surface area contributed by atoms with Gasteiger partial charge >= 0.3 is 6.61 Å². The van der Waals surface area contributed by atoms with Crippen LogP contribution in [0.4, 0.5) is 14.5 Å². The fourth-order valence-corrected chi connectivity index (χ4v) is 2.96. The lowest BCUT2D eigenvalue weighted by Crippen LogP contribution is -2.09. The van der Waals surface area contributed by atoms with Crippen LogP contribution < -0.4 is 10.1 Å². The van der Waals surface area contributed by atoms with Crippen molar-refractivity contribution in [2.75, 3.05) is 5.32 Å². The number of benzene rings is 1. The minimum atomic E-state index is -2.83. The predicted molar refractivity (Wildman–Crippen MR) is 76.7 cm³/mol. The van der Waals surface area contributed by atoms with Gasteiger partial charge < -0.3 is 10.1 Å². The summed E-state index contributed by atoms with van der Waals surface area (Å²) in [5, 5.41) is 4.19. The van der Waals surface area contributed by atoms with Gasteiger partial charge in [-0.05, 0) is 32.9 Å². The van der Waals surface area contributed by atoms with Crippen LogP contribution in [0.3, 0.4) is 0 Å². The minimum absolute atomic E-state index is 0.0244. The molecule has 1 unspecified atom stereocenters. The van der Waals surface area contributed by atoms with Crippen molar-refractivity contribution in [2.24, 2.45) is 0 Å². The Morgan fingerprint density at radius 3 is 2.55 bits per heavy atom. The van der Waals surface area contributed by atoms with Crippen LogP contribution in [0, 0.1) is 13.8 Å². The van der Waals surface area contributed by atoms with E-state index in [4.69, 9.17) is 0 Å². The first-order valence-corrected chi connectivity index (χ1v) is 7.03. The highest BCUT2D eigenvalue weighted by molar-refractivity contribution is 7.11. The minimum Gasteiger partial charge on any atom is -0.433 e. The predicted octanol–water partition coefficient (Wildman–Crippen LogP) is 4.53. The highest BCUT2D eigenvalue weighted by atomic mass is 32.1. The molecule has 0 saturated carbocycles. The average Bonchev–Trinajstić information content (AvgIpc) is 2.70. The maximum atomic E-state index is 12.4. The molecule has 0 fully saturated rings. The van der Waals surface area contributed by atoms with E-state index < -0.39 is 6.61 Å². The second kappa shape index (κ2) is 6.17. The van der Waals surface area contributed by atoms with Crippen molar-refractivity contribution < 1.29 is 13.5 Å². The average molecular weight is 298 g/mol. The quantitative estimate of drug-likeness (QED) is 0.880. The van der Waals surface area contributed by atoms with E-state index >= 15 is 0 Å². The van der Waals surface area contributed by atoms with Gasteiger partial charge in [0.2, 0.25) is 0 Å². The first-order chi connectivity index (χ1) is 9.47. The van der Waals surface area contributed by atoms with Crippen molar-refractivity contribution in [1.29, 1.82) is 0 Å². The number of alkyl halides is 2. The van der Waals surface area contributed by atoms with E-state index in [0.717, 1.165) is 15.6 Å². The molecule has 0 bridgehead atoms. The summed E-state index contributed by atoms with van der Waals surface area (Å²) >= 11 is 1.60. The van der Waals surface area contributed by atoms with Gasteiger partial charge in [-0.1, -0.05) is 12.1 Å². The molecule has 1 N–H and O–H groups in total. The number of aromatic nitrogens is 1. The largest absolute Gasteiger partial charge is 0.433 e. The zero-order valence-electron chi connectivity index (χ0n) is 11.5.